The van der Waals surface area contributed by atoms with Crippen LogP contribution in [0.1, 0.15) is 303 Å². The number of quaternary nitrogens is 1. The quantitative estimate of drug-likeness (QED) is 0.0205. The van der Waals surface area contributed by atoms with Gasteiger partial charge in [-0.15, -0.1) is 0 Å². The van der Waals surface area contributed by atoms with Crippen molar-refractivity contribution in [3.63, 3.8) is 0 Å². The van der Waals surface area contributed by atoms with E-state index in [9.17, 15) is 19.0 Å². The molecule has 0 fully saturated rings. The number of carbonyl (C=O) groups is 2. The number of esters is 1. The van der Waals surface area contributed by atoms with Crippen molar-refractivity contribution < 1.29 is 37.3 Å². The first-order valence-electron chi connectivity index (χ1n) is 32.0. The Bertz CT molecular complexity index is 1420. The van der Waals surface area contributed by atoms with Crippen molar-refractivity contribution in [1.82, 2.24) is 5.32 Å². The number of likely N-dealkylation sites (N-methyl/N-ethyl adjacent to an activating group) is 1. The molecule has 0 heterocycles. The first-order valence-corrected chi connectivity index (χ1v) is 33.5. The maximum atomic E-state index is 13.5. The molecular weight excluding hydrogens is 952 g/mol. The zero-order valence-corrected chi connectivity index (χ0v) is 51.2. The lowest BCUT2D eigenvalue weighted by Gasteiger charge is -2.27. The molecule has 0 bridgehead atoms. The van der Waals surface area contributed by atoms with E-state index in [0.717, 1.165) is 89.9 Å². The third kappa shape index (κ3) is 56.5. The van der Waals surface area contributed by atoms with Crippen molar-refractivity contribution in [3.05, 3.63) is 48.6 Å². The SMILES string of the molecule is CCCC/C=C\CCCCCCCC(=O)OC(/C=C/CCCCCCCCCCCCC)C(COP(=O)(O)OCC[N+](C)(C)C)NC(=O)CCCCCCCCCCCCCCCCC/C=C\C/C=C\CCCCC. The van der Waals surface area contributed by atoms with E-state index in [2.05, 4.69) is 62.5 Å². The van der Waals surface area contributed by atoms with Gasteiger partial charge in [-0.3, -0.25) is 18.6 Å². The van der Waals surface area contributed by atoms with Crippen LogP contribution >= 0.6 is 7.82 Å². The highest BCUT2D eigenvalue weighted by Crippen LogP contribution is 2.43. The Balaban J connectivity index is 5.06. The lowest BCUT2D eigenvalue weighted by atomic mass is 10.0. The molecule has 3 atom stereocenters. The van der Waals surface area contributed by atoms with Crippen molar-refractivity contribution >= 4 is 19.7 Å². The van der Waals surface area contributed by atoms with Crippen LogP contribution in [0.25, 0.3) is 0 Å². The molecule has 0 aromatic heterocycles. The highest BCUT2D eigenvalue weighted by molar-refractivity contribution is 7.47. The lowest BCUT2D eigenvalue weighted by molar-refractivity contribution is -0.870. The van der Waals surface area contributed by atoms with Crippen LogP contribution in [0.3, 0.4) is 0 Å². The van der Waals surface area contributed by atoms with Crippen molar-refractivity contribution in [2.75, 3.05) is 40.9 Å². The van der Waals surface area contributed by atoms with Crippen LogP contribution < -0.4 is 5.32 Å². The first kappa shape index (κ1) is 73.0. The summed E-state index contributed by atoms with van der Waals surface area (Å²) in [5.74, 6) is -0.507. The molecule has 0 aromatic rings. The summed E-state index contributed by atoms with van der Waals surface area (Å²) in [5.41, 5.74) is 0. The summed E-state index contributed by atoms with van der Waals surface area (Å²) in [6.45, 7) is 6.97. The van der Waals surface area contributed by atoms with Gasteiger partial charge in [-0.05, 0) is 83.1 Å². The van der Waals surface area contributed by atoms with Gasteiger partial charge >= 0.3 is 13.8 Å². The second-order valence-corrected chi connectivity index (χ2v) is 24.4. The summed E-state index contributed by atoms with van der Waals surface area (Å²) >= 11 is 0. The van der Waals surface area contributed by atoms with E-state index in [-0.39, 0.29) is 31.5 Å². The molecule has 0 rings (SSSR count). The number of nitrogens with zero attached hydrogens (tertiary/aromatic N) is 1. The molecule has 3 unspecified atom stereocenters. The number of allylic oxidation sites excluding steroid dienone is 7. The molecule has 440 valence electrons. The summed E-state index contributed by atoms with van der Waals surface area (Å²) in [6, 6.07) is -0.849. The van der Waals surface area contributed by atoms with E-state index >= 15 is 0 Å². The fraction of sp³-hybridized carbons (Fsp3) is 0.846. The first-order chi connectivity index (χ1) is 36.4. The molecule has 75 heavy (non-hydrogen) atoms. The van der Waals surface area contributed by atoms with Crippen LogP contribution in [-0.4, -0.2) is 74.3 Å². The highest BCUT2D eigenvalue weighted by atomic mass is 31.2. The standard InChI is InChI=1S/C65H123N2O7P/c1-7-10-13-16-19-22-25-27-28-29-30-31-32-33-34-35-36-37-38-40-43-45-48-51-54-57-64(68)66-62(61-73-75(70,71)72-60-59-67(4,5)6)63(56-53-50-47-44-42-39-26-23-20-17-14-11-8-2)74-65(69)58-55-52-49-46-41-24-21-18-15-12-9-3/h18-19,21-22,27-28,53,56,62-63H,7-17,20,23-26,29-52,54-55,57-61H2,1-6H3,(H-,66,68,70,71)/p+1/b21-18-,22-19-,28-27-,56-53+. The van der Waals surface area contributed by atoms with Crippen LogP contribution in [0, 0.1) is 0 Å². The van der Waals surface area contributed by atoms with Gasteiger partial charge in [0.15, 0.2) is 0 Å². The Labute approximate surface area is 465 Å². The monoisotopic (exact) mass is 1080 g/mol. The van der Waals surface area contributed by atoms with Crippen LogP contribution in [0.15, 0.2) is 48.6 Å². The molecule has 0 aromatic carbocycles. The van der Waals surface area contributed by atoms with Gasteiger partial charge in [0.25, 0.3) is 0 Å². The number of rotatable bonds is 58. The summed E-state index contributed by atoms with van der Waals surface area (Å²) < 4.78 is 30.7. The molecule has 0 saturated heterocycles. The topological polar surface area (TPSA) is 111 Å². The van der Waals surface area contributed by atoms with Crippen molar-refractivity contribution in [3.8, 4) is 0 Å². The summed E-state index contributed by atoms with van der Waals surface area (Å²) in [5, 5.41) is 3.06. The Morgan fingerprint density at radius 2 is 0.827 bits per heavy atom. The molecule has 2 N–H and O–H groups in total. The van der Waals surface area contributed by atoms with Crippen molar-refractivity contribution in [1.29, 1.82) is 0 Å². The largest absolute Gasteiger partial charge is 0.472 e. The number of nitrogens with one attached hydrogen (secondary N) is 1. The van der Waals surface area contributed by atoms with Crippen LogP contribution in [-0.2, 0) is 27.9 Å². The average Bonchev–Trinajstić information content (AvgIpc) is 3.37. The molecule has 0 aliphatic carbocycles. The van der Waals surface area contributed by atoms with Gasteiger partial charge in [0, 0.05) is 12.8 Å². The Kier molecular flexibility index (Phi) is 53.8. The third-order valence-corrected chi connectivity index (χ3v) is 15.2. The molecule has 0 saturated carbocycles. The second kappa shape index (κ2) is 55.3. The summed E-state index contributed by atoms with van der Waals surface area (Å²) in [7, 11) is 1.50. The van der Waals surface area contributed by atoms with Crippen LogP contribution in [0.2, 0.25) is 0 Å². The maximum Gasteiger partial charge on any atom is 0.472 e. The molecule has 1 amide bonds. The zero-order chi connectivity index (χ0) is 55.0. The van der Waals surface area contributed by atoms with Gasteiger partial charge in [0.05, 0.1) is 33.8 Å². The third-order valence-electron chi connectivity index (χ3n) is 14.2. The number of ether oxygens (including phenoxy) is 1. The molecule has 0 aliphatic heterocycles. The van der Waals surface area contributed by atoms with Gasteiger partial charge in [0.1, 0.15) is 19.3 Å². The number of hydrogen-bond acceptors (Lipinski definition) is 6. The van der Waals surface area contributed by atoms with E-state index in [1.807, 2.05) is 33.3 Å². The predicted molar refractivity (Wildman–Crippen MR) is 323 cm³/mol. The van der Waals surface area contributed by atoms with Crippen molar-refractivity contribution in [2.24, 2.45) is 0 Å². The average molecular weight is 1080 g/mol. The number of phosphoric acid groups is 1. The van der Waals surface area contributed by atoms with Crippen molar-refractivity contribution in [2.45, 2.75) is 315 Å². The Hall–Kier alpha value is -2.03. The smallest absolute Gasteiger partial charge is 0.456 e. The highest BCUT2D eigenvalue weighted by Gasteiger charge is 2.30. The van der Waals surface area contributed by atoms with Gasteiger partial charge < -0.3 is 19.4 Å². The number of carbonyl (C=O) groups excluding carboxylic acids is 2. The normalized spacial score (nSPS) is 14.0. The Morgan fingerprint density at radius 1 is 0.467 bits per heavy atom. The van der Waals surface area contributed by atoms with E-state index in [4.69, 9.17) is 13.8 Å². The number of unbranched alkanes of at least 4 members (excludes halogenated alkanes) is 36. The molecule has 0 aliphatic rings. The molecule has 9 nitrogen and oxygen atoms in total. The predicted octanol–water partition coefficient (Wildman–Crippen LogP) is 19.7. The minimum absolute atomic E-state index is 0.0399. The minimum Gasteiger partial charge on any atom is -0.456 e. The number of hydrogen-bond donors (Lipinski definition) is 2. The van der Waals surface area contributed by atoms with Gasteiger partial charge in [0.2, 0.25) is 5.91 Å². The lowest BCUT2D eigenvalue weighted by Crippen LogP contribution is -2.47. The maximum absolute atomic E-state index is 13.5. The van der Waals surface area contributed by atoms with E-state index in [1.165, 1.54) is 180 Å². The van der Waals surface area contributed by atoms with Crippen LogP contribution in [0.5, 0.6) is 0 Å². The number of phosphoric ester groups is 1. The minimum atomic E-state index is -4.45. The second-order valence-electron chi connectivity index (χ2n) is 22.9. The van der Waals surface area contributed by atoms with E-state index < -0.39 is 20.0 Å². The molecule has 0 spiro atoms. The number of amides is 1. The van der Waals surface area contributed by atoms with Gasteiger partial charge in [-0.1, -0.05) is 256 Å². The Morgan fingerprint density at radius 3 is 1.28 bits per heavy atom. The summed E-state index contributed by atoms with van der Waals surface area (Å²) in [4.78, 5) is 37.7. The molecular formula is C65H124N2O7P+. The fourth-order valence-corrected chi connectivity index (χ4v) is 9.98. The van der Waals surface area contributed by atoms with Crippen LogP contribution in [0.4, 0.5) is 0 Å². The fourth-order valence-electron chi connectivity index (χ4n) is 9.25. The summed E-state index contributed by atoms with van der Waals surface area (Å²) in [6.07, 6.45) is 68.3. The van der Waals surface area contributed by atoms with E-state index in [1.54, 1.807) is 0 Å². The van der Waals surface area contributed by atoms with Gasteiger partial charge in [-0.25, -0.2) is 4.57 Å². The van der Waals surface area contributed by atoms with Gasteiger partial charge in [-0.2, -0.15) is 0 Å². The molecule has 10 heteroatoms. The van der Waals surface area contributed by atoms with E-state index in [0.29, 0.717) is 17.4 Å². The molecule has 0 radical (unpaired) electrons. The zero-order valence-electron chi connectivity index (χ0n) is 50.3.